The molecule has 3 aromatic rings. The summed E-state index contributed by atoms with van der Waals surface area (Å²) in [6.07, 6.45) is 0. The van der Waals surface area contributed by atoms with Gasteiger partial charge in [-0.15, -0.1) is 11.3 Å². The van der Waals surface area contributed by atoms with Gasteiger partial charge < -0.3 is 5.73 Å². The summed E-state index contributed by atoms with van der Waals surface area (Å²) >= 11 is 1.73. The zero-order valence-corrected chi connectivity index (χ0v) is 14.9. The molecule has 1 heterocycles. The van der Waals surface area contributed by atoms with Gasteiger partial charge >= 0.3 is 0 Å². The number of fused-ring (bicyclic) bond motifs is 3. The van der Waals surface area contributed by atoms with E-state index in [4.69, 9.17) is 11.1 Å². The molecule has 0 aromatic heterocycles. The van der Waals surface area contributed by atoms with Crippen LogP contribution in [0, 0.1) is 0 Å². The molecule has 0 radical (unpaired) electrons. The molecular formula is C23H17N2S+. The van der Waals surface area contributed by atoms with Gasteiger partial charge in [-0.2, -0.15) is 0 Å². The van der Waals surface area contributed by atoms with Gasteiger partial charge in [0.25, 0.3) is 0 Å². The van der Waals surface area contributed by atoms with Crippen molar-refractivity contribution >= 4 is 37.9 Å². The van der Waals surface area contributed by atoms with Gasteiger partial charge in [0.2, 0.25) is 0 Å². The van der Waals surface area contributed by atoms with Crippen LogP contribution in [0.3, 0.4) is 0 Å². The topological polar surface area (TPSA) is 51.6 Å². The Morgan fingerprint density at radius 2 is 1.62 bits per heavy atom. The van der Waals surface area contributed by atoms with E-state index in [2.05, 4.69) is 54.6 Å². The highest BCUT2D eigenvalue weighted by molar-refractivity contribution is 7.21. The molecule has 2 aliphatic rings. The van der Waals surface area contributed by atoms with Gasteiger partial charge in [0.15, 0.2) is 5.36 Å². The van der Waals surface area contributed by atoms with Gasteiger partial charge in [-0.05, 0) is 46.2 Å². The maximum absolute atomic E-state index is 6.04. The lowest BCUT2D eigenvalue weighted by Gasteiger charge is -2.16. The normalized spacial score (nSPS) is 11.4. The highest BCUT2D eigenvalue weighted by Crippen LogP contribution is 2.43. The van der Waals surface area contributed by atoms with Crippen LogP contribution >= 0.6 is 11.3 Å². The first kappa shape index (κ1) is 15.1. The average Bonchev–Trinajstić information content (AvgIpc) is 2.65. The third kappa shape index (κ3) is 2.37. The third-order valence-corrected chi connectivity index (χ3v) is 5.92. The molecule has 0 unspecified atom stereocenters. The van der Waals surface area contributed by atoms with Crippen LogP contribution in [0.5, 0.6) is 0 Å². The van der Waals surface area contributed by atoms with Crippen LogP contribution in [-0.2, 0) is 0 Å². The monoisotopic (exact) mass is 353 g/mol. The van der Waals surface area contributed by atoms with Crippen LogP contribution in [0.2, 0.25) is 0 Å². The van der Waals surface area contributed by atoms with Crippen LogP contribution in [-0.4, -0.2) is 0 Å². The number of hydrogen-bond donors (Lipinski definition) is 2. The van der Waals surface area contributed by atoms with Gasteiger partial charge in [0, 0.05) is 38.3 Å². The molecule has 0 bridgehead atoms. The van der Waals surface area contributed by atoms with E-state index in [0.717, 1.165) is 11.0 Å². The number of anilines is 1. The van der Waals surface area contributed by atoms with Crippen LogP contribution < -0.4 is 16.5 Å². The number of rotatable bonds is 1. The minimum absolute atomic E-state index is 0.779. The average molecular weight is 353 g/mol. The molecule has 0 spiro atoms. The lowest BCUT2D eigenvalue weighted by Crippen LogP contribution is -2.44. The summed E-state index contributed by atoms with van der Waals surface area (Å²) in [7, 11) is 0. The smallest absolute Gasteiger partial charge is 0.198 e. The van der Waals surface area contributed by atoms with Gasteiger partial charge in [0.1, 0.15) is 0 Å². The summed E-state index contributed by atoms with van der Waals surface area (Å²) in [6.45, 7) is 0. The number of hydrogen-bond acceptors (Lipinski definition) is 2. The Morgan fingerprint density at radius 3 is 2.50 bits per heavy atom. The summed E-state index contributed by atoms with van der Waals surface area (Å²) in [5.74, 6) is 0. The van der Waals surface area contributed by atoms with Crippen molar-refractivity contribution < 1.29 is 5.41 Å². The number of benzene rings is 4. The second-order valence-electron chi connectivity index (χ2n) is 6.55. The largest absolute Gasteiger partial charge is 0.399 e. The maximum Gasteiger partial charge on any atom is 0.198 e. The molecule has 4 N–H and O–H groups in total. The minimum atomic E-state index is 0.779. The lowest BCUT2D eigenvalue weighted by atomic mass is 9.93. The summed E-state index contributed by atoms with van der Waals surface area (Å²) in [6, 6.07) is 27.4. The Morgan fingerprint density at radius 1 is 0.769 bits per heavy atom. The second kappa shape index (κ2) is 5.68. The third-order valence-electron chi connectivity index (χ3n) is 4.81. The Kier molecular flexibility index (Phi) is 3.30. The van der Waals surface area contributed by atoms with E-state index in [-0.39, 0.29) is 0 Å². The first-order chi connectivity index (χ1) is 12.7. The fourth-order valence-electron chi connectivity index (χ4n) is 3.58. The fraction of sp³-hybridized carbons (Fsp3) is 0. The van der Waals surface area contributed by atoms with E-state index in [9.17, 15) is 0 Å². The molecule has 0 amide bonds. The zero-order valence-electron chi connectivity index (χ0n) is 14.1. The molecular weight excluding hydrogens is 336 g/mol. The molecule has 0 fully saturated rings. The Balaban J connectivity index is 1.93. The van der Waals surface area contributed by atoms with Gasteiger partial charge in [0.05, 0.1) is 0 Å². The second-order valence-corrected chi connectivity index (χ2v) is 7.63. The Hall–Kier alpha value is -3.17. The predicted octanol–water partition coefficient (Wildman–Crippen LogP) is 4.07. The van der Waals surface area contributed by atoms with Crippen molar-refractivity contribution in [2.75, 3.05) is 5.73 Å². The highest BCUT2D eigenvalue weighted by Gasteiger charge is 2.16. The van der Waals surface area contributed by atoms with Crippen LogP contribution in [0.15, 0.2) is 78.9 Å². The molecule has 3 aromatic carbocycles. The first-order valence-electron chi connectivity index (χ1n) is 8.53. The van der Waals surface area contributed by atoms with Crippen molar-refractivity contribution in [3.05, 3.63) is 84.2 Å². The molecule has 1 aliphatic carbocycles. The standard InChI is InChI=1S/C23H16N2S/c24-17-7-9-19-21(12-17)26-22-13-18(25)8-10-20(22)23(19)16-6-5-14-3-1-2-4-15(14)11-16/h1-13,24H,25H2/p+1. The van der Waals surface area contributed by atoms with Crippen molar-refractivity contribution in [3.8, 4) is 21.6 Å². The fourth-order valence-corrected chi connectivity index (χ4v) is 4.77. The van der Waals surface area contributed by atoms with E-state index >= 15 is 0 Å². The molecule has 5 rings (SSSR count). The summed E-state index contributed by atoms with van der Waals surface area (Å²) < 4.78 is 1.17. The lowest BCUT2D eigenvalue weighted by molar-refractivity contribution is -0.172. The van der Waals surface area contributed by atoms with E-state index in [0.29, 0.717) is 0 Å². The number of nitrogen functional groups attached to an aromatic ring is 1. The highest BCUT2D eigenvalue weighted by atomic mass is 32.1. The van der Waals surface area contributed by atoms with Gasteiger partial charge in [-0.1, -0.05) is 42.5 Å². The quantitative estimate of drug-likeness (QED) is 0.346. The predicted molar refractivity (Wildman–Crippen MR) is 111 cm³/mol. The minimum Gasteiger partial charge on any atom is -0.399 e. The molecule has 2 nitrogen and oxygen atoms in total. The van der Waals surface area contributed by atoms with E-state index < -0.39 is 0 Å². The molecule has 26 heavy (non-hydrogen) atoms. The zero-order chi connectivity index (χ0) is 17.7. The Labute approximate surface area is 155 Å². The van der Waals surface area contributed by atoms with Gasteiger partial charge in [-0.25, -0.2) is 0 Å². The number of nitrogens with two attached hydrogens (primary N) is 2. The van der Waals surface area contributed by atoms with Crippen LogP contribution in [0.1, 0.15) is 0 Å². The van der Waals surface area contributed by atoms with E-state index in [1.54, 1.807) is 11.3 Å². The van der Waals surface area contributed by atoms with Gasteiger partial charge in [-0.3, -0.25) is 5.41 Å². The maximum atomic E-state index is 6.04. The van der Waals surface area contributed by atoms with E-state index in [1.807, 2.05) is 24.3 Å². The first-order valence-corrected chi connectivity index (χ1v) is 9.34. The molecule has 124 valence electrons. The molecule has 0 saturated heterocycles. The van der Waals surface area contributed by atoms with Crippen molar-refractivity contribution in [3.63, 3.8) is 0 Å². The molecule has 0 atom stereocenters. The summed E-state index contributed by atoms with van der Waals surface area (Å²) in [5, 5.41) is 10.5. The molecule has 1 aliphatic heterocycles. The Bertz CT molecular complexity index is 1320. The van der Waals surface area contributed by atoms with E-state index in [1.165, 1.54) is 42.4 Å². The summed E-state index contributed by atoms with van der Waals surface area (Å²) in [4.78, 5) is 1.17. The SMILES string of the molecule is Nc1ccc2c(-c3ccc4ccccc4c3)c3ccc(=[NH2+])cc-3sc2c1. The van der Waals surface area contributed by atoms with Crippen molar-refractivity contribution in [1.29, 1.82) is 0 Å². The summed E-state index contributed by atoms with van der Waals surface area (Å²) in [5.41, 5.74) is 10.5. The van der Waals surface area contributed by atoms with Crippen molar-refractivity contribution in [2.24, 2.45) is 0 Å². The van der Waals surface area contributed by atoms with Crippen LogP contribution in [0.25, 0.3) is 42.4 Å². The van der Waals surface area contributed by atoms with Crippen molar-refractivity contribution in [2.45, 2.75) is 0 Å². The van der Waals surface area contributed by atoms with Crippen LogP contribution in [0.4, 0.5) is 5.69 Å². The van der Waals surface area contributed by atoms with Crippen molar-refractivity contribution in [1.82, 2.24) is 0 Å². The molecule has 0 saturated carbocycles. The molecule has 3 heteroatoms.